The molecule has 0 saturated carbocycles. The summed E-state index contributed by atoms with van der Waals surface area (Å²) in [7, 11) is 0. The number of rotatable bonds is 4. The molecule has 0 aliphatic carbocycles. The number of likely N-dealkylation sites (tertiary alicyclic amines) is 1. The summed E-state index contributed by atoms with van der Waals surface area (Å²) in [6.45, 7) is 2.88. The van der Waals surface area contributed by atoms with Crippen molar-refractivity contribution < 1.29 is 9.53 Å². The van der Waals surface area contributed by atoms with Crippen LogP contribution in [0.4, 0.5) is 0 Å². The lowest BCUT2D eigenvalue weighted by atomic mass is 10.1. The molecule has 0 N–H and O–H groups in total. The van der Waals surface area contributed by atoms with Crippen LogP contribution in [0, 0.1) is 18.3 Å². The molecule has 1 saturated heterocycles. The molecule has 1 aromatic carbocycles. The van der Waals surface area contributed by atoms with E-state index in [-0.39, 0.29) is 12.0 Å². The Morgan fingerprint density at radius 2 is 1.96 bits per heavy atom. The van der Waals surface area contributed by atoms with Crippen LogP contribution in [0.15, 0.2) is 54.9 Å². The molecular weight excluding hydrogens is 342 g/mol. The minimum absolute atomic E-state index is 0.0534. The Labute approximate surface area is 156 Å². The summed E-state index contributed by atoms with van der Waals surface area (Å²) in [5, 5.41) is 13.1. The number of para-hydroxylation sites is 1. The summed E-state index contributed by atoms with van der Waals surface area (Å²) in [5.74, 6) is 0.404. The Bertz CT molecular complexity index is 999. The van der Waals surface area contributed by atoms with E-state index in [0.717, 1.165) is 11.4 Å². The van der Waals surface area contributed by atoms with Crippen molar-refractivity contribution in [3.63, 3.8) is 0 Å². The zero-order valence-electron chi connectivity index (χ0n) is 14.7. The van der Waals surface area contributed by atoms with Crippen molar-refractivity contribution >= 4 is 5.91 Å². The molecule has 4 rings (SSSR count). The fraction of sp³-hybridized carbons (Fsp3) is 0.200. The molecule has 0 spiro atoms. The second-order valence-corrected chi connectivity index (χ2v) is 6.34. The van der Waals surface area contributed by atoms with Crippen LogP contribution in [0.5, 0.6) is 5.88 Å². The molecule has 1 amide bonds. The maximum absolute atomic E-state index is 12.7. The Morgan fingerprint density at radius 1 is 1.19 bits per heavy atom. The Kier molecular flexibility index (Phi) is 4.30. The quantitative estimate of drug-likeness (QED) is 0.714. The number of amides is 1. The third-order valence-electron chi connectivity index (χ3n) is 4.53. The standard InChI is InChI=1S/C20H17N5O2/c1-14-18(11-23-25(14)16-5-3-2-4-6-16)20(26)24-12-17(13-24)27-19-8-7-15(9-21)10-22-19/h2-8,10-11,17H,12-13H2,1H3. The number of nitriles is 1. The monoisotopic (exact) mass is 359 g/mol. The van der Waals surface area contributed by atoms with E-state index >= 15 is 0 Å². The number of nitrogens with zero attached hydrogens (tertiary/aromatic N) is 5. The van der Waals surface area contributed by atoms with Gasteiger partial charge in [0, 0.05) is 12.3 Å². The molecule has 27 heavy (non-hydrogen) atoms. The topological polar surface area (TPSA) is 84.0 Å². The average Bonchev–Trinajstić information content (AvgIpc) is 3.06. The maximum atomic E-state index is 12.7. The van der Waals surface area contributed by atoms with Gasteiger partial charge in [-0.15, -0.1) is 0 Å². The van der Waals surface area contributed by atoms with Crippen molar-refractivity contribution in [1.82, 2.24) is 19.7 Å². The Morgan fingerprint density at radius 3 is 2.63 bits per heavy atom. The number of hydrogen-bond acceptors (Lipinski definition) is 5. The number of hydrogen-bond donors (Lipinski definition) is 0. The van der Waals surface area contributed by atoms with E-state index in [4.69, 9.17) is 10.00 Å². The van der Waals surface area contributed by atoms with Gasteiger partial charge in [0.1, 0.15) is 12.2 Å². The van der Waals surface area contributed by atoms with Gasteiger partial charge >= 0.3 is 0 Å². The number of carbonyl (C=O) groups is 1. The SMILES string of the molecule is Cc1c(C(=O)N2CC(Oc3ccc(C#N)cn3)C2)cnn1-c1ccccc1. The van der Waals surface area contributed by atoms with E-state index < -0.39 is 0 Å². The van der Waals surface area contributed by atoms with Gasteiger partial charge in [0.25, 0.3) is 5.91 Å². The third-order valence-corrected chi connectivity index (χ3v) is 4.53. The lowest BCUT2D eigenvalue weighted by Gasteiger charge is -2.38. The first-order chi connectivity index (χ1) is 13.2. The first-order valence-corrected chi connectivity index (χ1v) is 8.58. The highest BCUT2D eigenvalue weighted by Crippen LogP contribution is 2.21. The largest absolute Gasteiger partial charge is 0.471 e. The molecule has 1 aliphatic heterocycles. The molecule has 0 atom stereocenters. The normalized spacial score (nSPS) is 13.7. The van der Waals surface area contributed by atoms with E-state index in [1.165, 1.54) is 6.20 Å². The molecule has 134 valence electrons. The van der Waals surface area contributed by atoms with Crippen LogP contribution in [-0.4, -0.2) is 44.8 Å². The Balaban J connectivity index is 1.39. The van der Waals surface area contributed by atoms with Crippen LogP contribution in [0.25, 0.3) is 5.69 Å². The Hall–Kier alpha value is -3.66. The fourth-order valence-corrected chi connectivity index (χ4v) is 2.98. The van der Waals surface area contributed by atoms with E-state index in [2.05, 4.69) is 10.1 Å². The predicted molar refractivity (Wildman–Crippen MR) is 97.6 cm³/mol. The molecule has 2 aromatic heterocycles. The molecule has 3 heterocycles. The second-order valence-electron chi connectivity index (χ2n) is 6.34. The number of benzene rings is 1. The lowest BCUT2D eigenvalue weighted by Crippen LogP contribution is -2.56. The third kappa shape index (κ3) is 3.25. The molecule has 0 bridgehead atoms. The smallest absolute Gasteiger partial charge is 0.257 e. The minimum atomic E-state index is -0.0983. The van der Waals surface area contributed by atoms with E-state index in [0.29, 0.717) is 30.1 Å². The van der Waals surface area contributed by atoms with Crippen molar-refractivity contribution in [1.29, 1.82) is 5.26 Å². The zero-order valence-corrected chi connectivity index (χ0v) is 14.7. The van der Waals surface area contributed by atoms with Crippen LogP contribution in [0.3, 0.4) is 0 Å². The molecule has 7 heteroatoms. The van der Waals surface area contributed by atoms with Gasteiger partial charge in [-0.1, -0.05) is 18.2 Å². The van der Waals surface area contributed by atoms with Gasteiger partial charge in [-0.3, -0.25) is 4.79 Å². The van der Waals surface area contributed by atoms with Gasteiger partial charge < -0.3 is 9.64 Å². The van der Waals surface area contributed by atoms with E-state index in [1.807, 2.05) is 43.3 Å². The summed E-state index contributed by atoms with van der Waals surface area (Å²) in [4.78, 5) is 18.6. The maximum Gasteiger partial charge on any atom is 0.257 e. The molecule has 3 aromatic rings. The molecular formula is C20H17N5O2. The van der Waals surface area contributed by atoms with Crippen molar-refractivity contribution in [3.8, 4) is 17.6 Å². The highest BCUT2D eigenvalue weighted by molar-refractivity contribution is 5.95. The van der Waals surface area contributed by atoms with Crippen molar-refractivity contribution in [2.24, 2.45) is 0 Å². The van der Waals surface area contributed by atoms with Gasteiger partial charge in [0.05, 0.1) is 41.8 Å². The van der Waals surface area contributed by atoms with Gasteiger partial charge in [-0.2, -0.15) is 10.4 Å². The van der Waals surface area contributed by atoms with Crippen LogP contribution in [0.1, 0.15) is 21.6 Å². The second kappa shape index (κ2) is 6.92. The lowest BCUT2D eigenvalue weighted by molar-refractivity contribution is 0.0159. The predicted octanol–water partition coefficient (Wildman–Crippen LogP) is 2.35. The van der Waals surface area contributed by atoms with Gasteiger partial charge in [0.2, 0.25) is 5.88 Å². The minimum Gasteiger partial charge on any atom is -0.471 e. The molecule has 1 aliphatic rings. The first kappa shape index (κ1) is 16.8. The summed E-state index contributed by atoms with van der Waals surface area (Å²) in [5.41, 5.74) is 2.81. The summed E-state index contributed by atoms with van der Waals surface area (Å²) in [6, 6.07) is 15.1. The van der Waals surface area contributed by atoms with Crippen molar-refractivity contribution in [2.75, 3.05) is 13.1 Å². The number of aromatic nitrogens is 3. The fourth-order valence-electron chi connectivity index (χ4n) is 2.98. The molecule has 0 unspecified atom stereocenters. The van der Waals surface area contributed by atoms with Crippen LogP contribution < -0.4 is 4.74 Å². The number of carbonyl (C=O) groups excluding carboxylic acids is 1. The first-order valence-electron chi connectivity index (χ1n) is 8.58. The van der Waals surface area contributed by atoms with Crippen molar-refractivity contribution in [2.45, 2.75) is 13.0 Å². The van der Waals surface area contributed by atoms with Crippen LogP contribution in [-0.2, 0) is 0 Å². The zero-order chi connectivity index (χ0) is 18.8. The number of pyridine rings is 1. The summed E-state index contributed by atoms with van der Waals surface area (Å²) < 4.78 is 7.50. The van der Waals surface area contributed by atoms with Gasteiger partial charge in [-0.05, 0) is 25.1 Å². The average molecular weight is 359 g/mol. The molecule has 7 nitrogen and oxygen atoms in total. The summed E-state index contributed by atoms with van der Waals surface area (Å²) in [6.07, 6.45) is 2.98. The van der Waals surface area contributed by atoms with E-state index in [1.54, 1.807) is 27.9 Å². The number of ether oxygens (including phenoxy) is 1. The van der Waals surface area contributed by atoms with Gasteiger partial charge in [-0.25, -0.2) is 9.67 Å². The highest BCUT2D eigenvalue weighted by atomic mass is 16.5. The molecule has 0 radical (unpaired) electrons. The van der Waals surface area contributed by atoms with Crippen LogP contribution >= 0.6 is 0 Å². The van der Waals surface area contributed by atoms with Crippen LogP contribution in [0.2, 0.25) is 0 Å². The highest BCUT2D eigenvalue weighted by Gasteiger charge is 2.34. The van der Waals surface area contributed by atoms with Gasteiger partial charge in [0.15, 0.2) is 0 Å². The van der Waals surface area contributed by atoms with E-state index in [9.17, 15) is 4.79 Å². The molecule has 1 fully saturated rings. The summed E-state index contributed by atoms with van der Waals surface area (Å²) >= 11 is 0. The van der Waals surface area contributed by atoms with Crippen molar-refractivity contribution in [3.05, 3.63) is 71.7 Å².